The van der Waals surface area contributed by atoms with Gasteiger partial charge in [0.1, 0.15) is 4.90 Å². The van der Waals surface area contributed by atoms with E-state index in [1.165, 1.54) is 18.2 Å². The Morgan fingerprint density at radius 3 is 2.30 bits per heavy atom. The summed E-state index contributed by atoms with van der Waals surface area (Å²) in [7, 11) is -3.90. The largest absolute Gasteiger partial charge is 0.321 e. The molecular formula is C13H11BrN2O3S. The zero-order valence-electron chi connectivity index (χ0n) is 10.2. The topological polar surface area (TPSA) is 89.3 Å². The van der Waals surface area contributed by atoms with Crippen molar-refractivity contribution in [2.24, 2.45) is 5.14 Å². The number of rotatable bonds is 3. The van der Waals surface area contributed by atoms with E-state index in [4.69, 9.17) is 5.14 Å². The molecule has 0 spiro atoms. The first-order valence-electron chi connectivity index (χ1n) is 5.57. The van der Waals surface area contributed by atoms with Gasteiger partial charge in [0.15, 0.2) is 0 Å². The van der Waals surface area contributed by atoms with E-state index in [0.29, 0.717) is 10.0 Å². The number of carbonyl (C=O) groups is 1. The van der Waals surface area contributed by atoms with Gasteiger partial charge in [-0.05, 0) is 40.2 Å². The fraction of sp³-hybridized carbons (Fsp3) is 0. The van der Waals surface area contributed by atoms with Gasteiger partial charge < -0.3 is 5.32 Å². The van der Waals surface area contributed by atoms with Crippen molar-refractivity contribution in [1.29, 1.82) is 0 Å². The van der Waals surface area contributed by atoms with Crippen LogP contribution in [0.25, 0.3) is 0 Å². The van der Waals surface area contributed by atoms with Gasteiger partial charge in [-0.2, -0.15) is 0 Å². The zero-order chi connectivity index (χ0) is 14.8. The van der Waals surface area contributed by atoms with E-state index in [1.54, 1.807) is 30.3 Å². The van der Waals surface area contributed by atoms with Gasteiger partial charge in [-0.15, -0.1) is 0 Å². The molecule has 0 aliphatic carbocycles. The van der Waals surface area contributed by atoms with Gasteiger partial charge >= 0.3 is 0 Å². The molecule has 1 amide bonds. The maximum Gasteiger partial charge on any atom is 0.256 e. The summed E-state index contributed by atoms with van der Waals surface area (Å²) in [5, 5.41) is 7.66. The standard InChI is InChI=1S/C13H11BrN2O3S/c14-10-6-2-1-5-9(10)13(17)16-11-7-3-4-8-12(11)20(15,18)19/h1-8H,(H,16,17)(H2,15,18,19). The van der Waals surface area contributed by atoms with E-state index < -0.39 is 15.9 Å². The number of hydrogen-bond acceptors (Lipinski definition) is 3. The van der Waals surface area contributed by atoms with Crippen LogP contribution in [0.3, 0.4) is 0 Å². The van der Waals surface area contributed by atoms with Crippen LogP contribution in [-0.4, -0.2) is 14.3 Å². The molecule has 7 heteroatoms. The van der Waals surface area contributed by atoms with Crippen LogP contribution in [0, 0.1) is 0 Å². The Morgan fingerprint density at radius 2 is 1.65 bits per heavy atom. The summed E-state index contributed by atoms with van der Waals surface area (Å²) in [6, 6.07) is 12.8. The molecule has 0 bridgehead atoms. The minimum absolute atomic E-state index is 0.125. The lowest BCUT2D eigenvalue weighted by molar-refractivity contribution is 0.102. The van der Waals surface area contributed by atoms with Gasteiger partial charge in [-0.3, -0.25) is 4.79 Å². The number of hydrogen-bond donors (Lipinski definition) is 2. The van der Waals surface area contributed by atoms with Crippen LogP contribution in [0.15, 0.2) is 57.9 Å². The van der Waals surface area contributed by atoms with Gasteiger partial charge in [0.2, 0.25) is 10.0 Å². The minimum Gasteiger partial charge on any atom is -0.321 e. The van der Waals surface area contributed by atoms with Crippen LogP contribution in [0.2, 0.25) is 0 Å². The second-order valence-corrected chi connectivity index (χ2v) is 6.36. The Morgan fingerprint density at radius 1 is 1.05 bits per heavy atom. The molecule has 0 aromatic heterocycles. The van der Waals surface area contributed by atoms with Crippen molar-refractivity contribution in [3.8, 4) is 0 Å². The quantitative estimate of drug-likeness (QED) is 0.886. The molecule has 2 aromatic carbocycles. The molecule has 0 unspecified atom stereocenters. The maximum atomic E-state index is 12.1. The van der Waals surface area contributed by atoms with Gasteiger partial charge in [0, 0.05) is 4.47 Å². The summed E-state index contributed by atoms with van der Waals surface area (Å²) in [5.74, 6) is -0.423. The minimum atomic E-state index is -3.90. The normalized spacial score (nSPS) is 11.1. The molecule has 0 fully saturated rings. The predicted octanol–water partition coefficient (Wildman–Crippen LogP) is 2.35. The first kappa shape index (κ1) is 14.7. The monoisotopic (exact) mass is 354 g/mol. The zero-order valence-corrected chi connectivity index (χ0v) is 12.6. The van der Waals surface area contributed by atoms with Crippen molar-refractivity contribution in [1.82, 2.24) is 0 Å². The van der Waals surface area contributed by atoms with E-state index in [-0.39, 0.29) is 10.6 Å². The molecule has 2 rings (SSSR count). The van der Waals surface area contributed by atoms with Crippen LogP contribution >= 0.6 is 15.9 Å². The van der Waals surface area contributed by atoms with E-state index >= 15 is 0 Å². The van der Waals surface area contributed by atoms with E-state index in [1.807, 2.05) is 0 Å². The number of primary sulfonamides is 1. The van der Waals surface area contributed by atoms with Gasteiger partial charge in [0.25, 0.3) is 5.91 Å². The van der Waals surface area contributed by atoms with Crippen LogP contribution in [0.4, 0.5) is 5.69 Å². The third-order valence-corrected chi connectivity index (χ3v) is 4.22. The molecule has 104 valence electrons. The third-order valence-electron chi connectivity index (χ3n) is 2.56. The van der Waals surface area contributed by atoms with Gasteiger partial charge in [-0.25, -0.2) is 13.6 Å². The molecule has 0 saturated heterocycles. The van der Waals surface area contributed by atoms with Crippen molar-refractivity contribution < 1.29 is 13.2 Å². The van der Waals surface area contributed by atoms with Crippen molar-refractivity contribution in [3.63, 3.8) is 0 Å². The number of halogens is 1. The second kappa shape index (κ2) is 5.74. The van der Waals surface area contributed by atoms with Crippen molar-refractivity contribution in [2.45, 2.75) is 4.90 Å². The average molecular weight is 355 g/mol. The second-order valence-electron chi connectivity index (χ2n) is 3.98. The molecular weight excluding hydrogens is 344 g/mol. The number of nitrogens with two attached hydrogens (primary N) is 1. The van der Waals surface area contributed by atoms with Crippen molar-refractivity contribution >= 4 is 37.5 Å². The molecule has 0 saturated carbocycles. The number of anilines is 1. The van der Waals surface area contributed by atoms with Crippen LogP contribution in [0.5, 0.6) is 0 Å². The molecule has 0 aliphatic heterocycles. The summed E-state index contributed by atoms with van der Waals surface area (Å²) < 4.78 is 23.5. The highest BCUT2D eigenvalue weighted by Gasteiger charge is 2.16. The summed E-state index contributed by atoms with van der Waals surface area (Å²) in [5.41, 5.74) is 0.549. The lowest BCUT2D eigenvalue weighted by atomic mass is 10.2. The van der Waals surface area contributed by atoms with Crippen LogP contribution < -0.4 is 10.5 Å². The highest BCUT2D eigenvalue weighted by atomic mass is 79.9. The molecule has 2 aromatic rings. The Kier molecular flexibility index (Phi) is 4.22. The number of nitrogens with one attached hydrogen (secondary N) is 1. The average Bonchev–Trinajstić information content (AvgIpc) is 2.38. The lowest BCUT2D eigenvalue weighted by Crippen LogP contribution is -2.18. The Balaban J connectivity index is 2.37. The highest BCUT2D eigenvalue weighted by molar-refractivity contribution is 9.10. The van der Waals surface area contributed by atoms with E-state index in [0.717, 1.165) is 0 Å². The first-order valence-corrected chi connectivity index (χ1v) is 7.91. The Bertz CT molecular complexity index is 760. The fourth-order valence-corrected chi connectivity index (χ4v) is 2.81. The first-order chi connectivity index (χ1) is 9.39. The molecule has 5 nitrogen and oxygen atoms in total. The number of para-hydroxylation sites is 1. The summed E-state index contributed by atoms with van der Waals surface area (Å²) in [6.07, 6.45) is 0. The molecule has 0 atom stereocenters. The smallest absolute Gasteiger partial charge is 0.256 e. The number of carbonyl (C=O) groups excluding carboxylic acids is 1. The Hall–Kier alpha value is -1.70. The molecule has 3 N–H and O–H groups in total. The van der Waals surface area contributed by atoms with Gasteiger partial charge in [-0.1, -0.05) is 24.3 Å². The lowest BCUT2D eigenvalue weighted by Gasteiger charge is -2.10. The van der Waals surface area contributed by atoms with Gasteiger partial charge in [0.05, 0.1) is 11.3 Å². The Labute approximate surface area is 125 Å². The maximum absolute atomic E-state index is 12.1. The molecule has 20 heavy (non-hydrogen) atoms. The summed E-state index contributed by atoms with van der Waals surface area (Å²) in [6.45, 7) is 0. The number of amides is 1. The van der Waals surface area contributed by atoms with Crippen LogP contribution in [-0.2, 0) is 10.0 Å². The van der Waals surface area contributed by atoms with E-state index in [2.05, 4.69) is 21.2 Å². The fourth-order valence-electron chi connectivity index (χ4n) is 1.65. The predicted molar refractivity (Wildman–Crippen MR) is 79.9 cm³/mol. The summed E-state index contributed by atoms with van der Waals surface area (Å²) >= 11 is 3.26. The van der Waals surface area contributed by atoms with Crippen LogP contribution in [0.1, 0.15) is 10.4 Å². The SMILES string of the molecule is NS(=O)(=O)c1ccccc1NC(=O)c1ccccc1Br. The number of benzene rings is 2. The molecule has 0 radical (unpaired) electrons. The summed E-state index contributed by atoms with van der Waals surface area (Å²) in [4.78, 5) is 12.0. The number of sulfonamides is 1. The van der Waals surface area contributed by atoms with E-state index in [9.17, 15) is 13.2 Å². The molecule has 0 heterocycles. The van der Waals surface area contributed by atoms with Crippen molar-refractivity contribution in [2.75, 3.05) is 5.32 Å². The highest BCUT2D eigenvalue weighted by Crippen LogP contribution is 2.22. The van der Waals surface area contributed by atoms with Crippen molar-refractivity contribution in [3.05, 3.63) is 58.6 Å². The third kappa shape index (κ3) is 3.24. The molecule has 0 aliphatic rings.